The Balaban J connectivity index is 1.75. The molecule has 0 spiro atoms. The van der Waals surface area contributed by atoms with Crippen LogP contribution in [0.4, 0.5) is 0 Å². The maximum absolute atomic E-state index is 13.0. The molecule has 2 aromatic heterocycles. The van der Waals surface area contributed by atoms with Crippen LogP contribution in [0.3, 0.4) is 0 Å². The first kappa shape index (κ1) is 21.7. The van der Waals surface area contributed by atoms with Gasteiger partial charge in [0.25, 0.3) is 5.56 Å². The van der Waals surface area contributed by atoms with E-state index in [4.69, 9.17) is 0 Å². The summed E-state index contributed by atoms with van der Waals surface area (Å²) in [4.78, 5) is 18.5. The first-order valence-electron chi connectivity index (χ1n) is 11.4. The summed E-state index contributed by atoms with van der Waals surface area (Å²) < 4.78 is 1.94. The summed E-state index contributed by atoms with van der Waals surface area (Å²) in [6.07, 6.45) is 5.65. The quantitative estimate of drug-likeness (QED) is 0.634. The number of nitrogens with one attached hydrogen (secondary N) is 1. The first-order chi connectivity index (χ1) is 14.8. The van der Waals surface area contributed by atoms with Crippen LogP contribution in [0.1, 0.15) is 82.8 Å². The van der Waals surface area contributed by atoms with Gasteiger partial charge in [0.05, 0.1) is 11.6 Å². The summed E-state index contributed by atoms with van der Waals surface area (Å²) in [6.45, 7) is 11.2. The van der Waals surface area contributed by atoms with E-state index in [0.29, 0.717) is 12.6 Å². The van der Waals surface area contributed by atoms with Crippen LogP contribution in [-0.4, -0.2) is 36.1 Å². The minimum atomic E-state index is -0.203. The number of hydrogen-bond acceptors (Lipinski definition) is 5. The van der Waals surface area contributed by atoms with Gasteiger partial charge in [0.1, 0.15) is 0 Å². The average Bonchev–Trinajstić information content (AvgIpc) is 3.40. The lowest BCUT2D eigenvalue weighted by atomic mass is 10.0. The molecule has 7 heteroatoms. The van der Waals surface area contributed by atoms with E-state index < -0.39 is 0 Å². The Bertz CT molecular complexity index is 1100. The van der Waals surface area contributed by atoms with Crippen LogP contribution in [0.5, 0.6) is 0 Å². The molecule has 0 unspecified atom stereocenters. The Morgan fingerprint density at radius 2 is 1.97 bits per heavy atom. The molecule has 1 fully saturated rings. The molecule has 0 aliphatic heterocycles. The Hall–Kier alpha value is -2.54. The fourth-order valence-electron chi connectivity index (χ4n) is 4.86. The van der Waals surface area contributed by atoms with Crippen molar-refractivity contribution in [3.05, 3.63) is 51.6 Å². The Kier molecular flexibility index (Phi) is 5.97. The first-order valence-corrected chi connectivity index (χ1v) is 11.4. The van der Waals surface area contributed by atoms with Crippen LogP contribution in [0.2, 0.25) is 0 Å². The number of benzene rings is 1. The van der Waals surface area contributed by atoms with Gasteiger partial charge in [0.15, 0.2) is 5.82 Å². The van der Waals surface area contributed by atoms with E-state index >= 15 is 0 Å². The number of pyridine rings is 1. The van der Waals surface area contributed by atoms with Gasteiger partial charge in [0, 0.05) is 23.7 Å². The van der Waals surface area contributed by atoms with E-state index in [1.807, 2.05) is 16.8 Å². The molecule has 0 saturated heterocycles. The minimum Gasteiger partial charge on any atom is -0.322 e. The van der Waals surface area contributed by atoms with Crippen molar-refractivity contribution < 1.29 is 0 Å². The number of fused-ring (bicyclic) bond motifs is 1. The number of H-pyrrole nitrogens is 1. The monoisotopic (exact) mass is 422 g/mol. The van der Waals surface area contributed by atoms with Crippen LogP contribution >= 0.6 is 0 Å². The van der Waals surface area contributed by atoms with E-state index in [9.17, 15) is 4.79 Å². The molecule has 7 nitrogen and oxygen atoms in total. The van der Waals surface area contributed by atoms with Gasteiger partial charge in [-0.2, -0.15) is 0 Å². The largest absolute Gasteiger partial charge is 0.322 e. The lowest BCUT2D eigenvalue weighted by Crippen LogP contribution is -2.40. The summed E-state index contributed by atoms with van der Waals surface area (Å²) in [5, 5.41) is 13.8. The third-order valence-electron chi connectivity index (χ3n) is 6.44. The Morgan fingerprint density at radius 3 is 2.65 bits per heavy atom. The zero-order chi connectivity index (χ0) is 22.2. The second-order valence-electron chi connectivity index (χ2n) is 9.87. The molecular formula is C24H34N6O. The lowest BCUT2D eigenvalue weighted by Gasteiger charge is -2.36. The van der Waals surface area contributed by atoms with Gasteiger partial charge in [-0.3, -0.25) is 9.69 Å². The summed E-state index contributed by atoms with van der Waals surface area (Å²) in [5.74, 6) is 0.884. The maximum atomic E-state index is 13.0. The van der Waals surface area contributed by atoms with Gasteiger partial charge in [0.2, 0.25) is 0 Å². The van der Waals surface area contributed by atoms with E-state index in [0.717, 1.165) is 41.6 Å². The van der Waals surface area contributed by atoms with Crippen molar-refractivity contribution in [2.45, 2.75) is 90.9 Å². The highest BCUT2D eigenvalue weighted by Crippen LogP contribution is 2.34. The molecule has 0 bridgehead atoms. The normalized spacial score (nSPS) is 16.5. The smallest absolute Gasteiger partial charge is 0.252 e. The molecule has 1 aliphatic rings. The van der Waals surface area contributed by atoms with Crippen molar-refractivity contribution in [3.63, 3.8) is 0 Å². The fraction of sp³-hybridized carbons (Fsp3) is 0.583. The van der Waals surface area contributed by atoms with Crippen LogP contribution in [0.15, 0.2) is 29.1 Å². The molecular weight excluding hydrogens is 388 g/mol. The maximum Gasteiger partial charge on any atom is 0.252 e. The molecule has 0 amide bonds. The van der Waals surface area contributed by atoms with Crippen molar-refractivity contribution in [1.82, 2.24) is 30.1 Å². The predicted molar refractivity (Wildman–Crippen MR) is 123 cm³/mol. The van der Waals surface area contributed by atoms with Crippen molar-refractivity contribution in [1.29, 1.82) is 0 Å². The third-order valence-corrected chi connectivity index (χ3v) is 6.44. The second kappa shape index (κ2) is 8.54. The molecule has 166 valence electrons. The molecule has 1 aromatic carbocycles. The topological polar surface area (TPSA) is 79.7 Å². The van der Waals surface area contributed by atoms with Crippen molar-refractivity contribution in [2.24, 2.45) is 0 Å². The highest BCUT2D eigenvalue weighted by Gasteiger charge is 2.34. The molecule has 1 atom stereocenters. The number of aromatic amines is 1. The average molecular weight is 423 g/mol. The standard InChI is InChI=1S/C24H34N6O/c1-6-21(22-26-27-28-30(22)24(3,4)5)29(19-9-7-8-10-19)15-18-14-17-13-16(2)11-12-20(17)25-23(18)31/h11-14,19,21H,6-10,15H2,1-5H3,(H,25,31)/t21-/m0/s1. The lowest BCUT2D eigenvalue weighted by molar-refractivity contribution is 0.108. The predicted octanol–water partition coefficient (Wildman–Crippen LogP) is 4.47. The van der Waals surface area contributed by atoms with Crippen LogP contribution in [-0.2, 0) is 12.1 Å². The number of rotatable bonds is 6. The van der Waals surface area contributed by atoms with Crippen molar-refractivity contribution >= 4 is 10.9 Å². The SMILES string of the molecule is CC[C@@H](c1nnnn1C(C)(C)C)N(Cc1cc2cc(C)ccc2[nH]c1=O)C1CCCC1. The highest BCUT2D eigenvalue weighted by molar-refractivity contribution is 5.79. The Morgan fingerprint density at radius 1 is 1.23 bits per heavy atom. The molecule has 0 radical (unpaired) electrons. The number of hydrogen-bond donors (Lipinski definition) is 1. The van der Waals surface area contributed by atoms with Gasteiger partial charge >= 0.3 is 0 Å². The van der Waals surface area contributed by atoms with Crippen LogP contribution in [0.25, 0.3) is 10.9 Å². The van der Waals surface area contributed by atoms with E-state index in [2.05, 4.69) is 72.2 Å². The number of tetrazole rings is 1. The van der Waals surface area contributed by atoms with Crippen molar-refractivity contribution in [3.8, 4) is 0 Å². The Labute approximate surface area is 183 Å². The molecule has 1 saturated carbocycles. The number of aryl methyl sites for hydroxylation is 1. The van der Waals surface area contributed by atoms with Gasteiger partial charge in [-0.25, -0.2) is 4.68 Å². The molecule has 4 rings (SSSR count). The molecule has 1 aliphatic carbocycles. The van der Waals surface area contributed by atoms with E-state index in [1.54, 1.807) is 0 Å². The molecule has 3 aromatic rings. The van der Waals surface area contributed by atoms with Crippen molar-refractivity contribution in [2.75, 3.05) is 0 Å². The second-order valence-corrected chi connectivity index (χ2v) is 9.87. The van der Waals surface area contributed by atoms with Gasteiger partial charge in [-0.1, -0.05) is 31.4 Å². The number of aromatic nitrogens is 5. The zero-order valence-corrected chi connectivity index (χ0v) is 19.4. The summed E-state index contributed by atoms with van der Waals surface area (Å²) in [5.41, 5.74) is 2.67. The summed E-state index contributed by atoms with van der Waals surface area (Å²) in [7, 11) is 0. The van der Waals surface area contributed by atoms with Gasteiger partial charge in [-0.15, -0.1) is 5.10 Å². The molecule has 31 heavy (non-hydrogen) atoms. The van der Waals surface area contributed by atoms with Crippen LogP contribution < -0.4 is 5.56 Å². The van der Waals surface area contributed by atoms with Gasteiger partial charge in [-0.05, 0) is 81.0 Å². The molecule has 1 N–H and O–H groups in total. The zero-order valence-electron chi connectivity index (χ0n) is 19.4. The van der Waals surface area contributed by atoms with E-state index in [-0.39, 0.29) is 17.1 Å². The van der Waals surface area contributed by atoms with E-state index in [1.165, 1.54) is 18.4 Å². The summed E-state index contributed by atoms with van der Waals surface area (Å²) >= 11 is 0. The third kappa shape index (κ3) is 4.42. The van der Waals surface area contributed by atoms with Crippen LogP contribution in [0, 0.1) is 6.92 Å². The minimum absolute atomic E-state index is 0.00961. The summed E-state index contributed by atoms with van der Waals surface area (Å²) in [6, 6.07) is 8.70. The number of nitrogens with zero attached hydrogens (tertiary/aromatic N) is 5. The highest BCUT2D eigenvalue weighted by atomic mass is 16.1. The molecule has 2 heterocycles. The fourth-order valence-corrected chi connectivity index (χ4v) is 4.86. The van der Waals surface area contributed by atoms with Gasteiger partial charge < -0.3 is 4.98 Å².